The molecule has 0 bridgehead atoms. The van der Waals surface area contributed by atoms with Crippen LogP contribution in [-0.2, 0) is 6.54 Å². The first-order valence-electron chi connectivity index (χ1n) is 10.2. The average molecular weight is 386 g/mol. The van der Waals surface area contributed by atoms with E-state index in [9.17, 15) is 9.59 Å². The maximum atomic E-state index is 12.9. The zero-order valence-corrected chi connectivity index (χ0v) is 16.9. The lowest BCUT2D eigenvalue weighted by atomic mass is 10.2. The van der Waals surface area contributed by atoms with E-state index in [1.807, 2.05) is 18.2 Å². The molecule has 0 saturated carbocycles. The van der Waals surface area contributed by atoms with Gasteiger partial charge in [0.25, 0.3) is 11.8 Å². The second-order valence-electron chi connectivity index (χ2n) is 6.89. The van der Waals surface area contributed by atoms with Gasteiger partial charge in [0.2, 0.25) is 5.89 Å². The lowest BCUT2D eigenvalue weighted by Gasteiger charge is -2.21. The summed E-state index contributed by atoms with van der Waals surface area (Å²) in [5, 5.41) is 2.85. The number of carbonyl (C=O) groups excluding carboxylic acids is 2. The molecule has 0 fully saturated rings. The highest BCUT2D eigenvalue weighted by atomic mass is 16.3. The van der Waals surface area contributed by atoms with Crippen LogP contribution >= 0.6 is 0 Å². The molecular formula is C22H31N3O3. The van der Waals surface area contributed by atoms with Gasteiger partial charge in [-0.1, -0.05) is 57.7 Å². The van der Waals surface area contributed by atoms with E-state index in [1.165, 1.54) is 6.26 Å². The number of aromatic nitrogens is 1. The summed E-state index contributed by atoms with van der Waals surface area (Å²) >= 11 is 0. The fraction of sp³-hybridized carbons (Fsp3) is 0.500. The van der Waals surface area contributed by atoms with Crippen molar-refractivity contribution in [3.63, 3.8) is 0 Å². The Bertz CT molecular complexity index is 728. The molecule has 6 heteroatoms. The normalized spacial score (nSPS) is 10.6. The Kier molecular flexibility index (Phi) is 9.25. The number of carbonyl (C=O) groups is 2. The molecule has 152 valence electrons. The highest BCUT2D eigenvalue weighted by Crippen LogP contribution is 2.12. The Labute approximate surface area is 167 Å². The maximum absolute atomic E-state index is 12.9. The third-order valence-electron chi connectivity index (χ3n) is 4.52. The maximum Gasteiger partial charge on any atom is 0.273 e. The van der Waals surface area contributed by atoms with Gasteiger partial charge in [0.05, 0.1) is 6.54 Å². The standard InChI is InChI=1S/C22H31N3O3/c1-3-5-10-14-23-21(26)19-17-28-20(24-19)16-25(15-11-6-4-2)22(27)18-12-8-7-9-13-18/h7-9,12-13,17H,3-6,10-11,14-16H2,1-2H3,(H,23,26). The van der Waals surface area contributed by atoms with Gasteiger partial charge >= 0.3 is 0 Å². The number of unbranched alkanes of at least 4 members (excludes halogenated alkanes) is 4. The molecule has 28 heavy (non-hydrogen) atoms. The fourth-order valence-corrected chi connectivity index (χ4v) is 2.89. The van der Waals surface area contributed by atoms with Crippen LogP contribution in [0.1, 0.15) is 79.1 Å². The first-order valence-corrected chi connectivity index (χ1v) is 10.2. The molecule has 6 nitrogen and oxygen atoms in total. The van der Waals surface area contributed by atoms with Crippen molar-refractivity contribution in [2.45, 2.75) is 58.9 Å². The van der Waals surface area contributed by atoms with E-state index in [-0.39, 0.29) is 24.1 Å². The summed E-state index contributed by atoms with van der Waals surface area (Å²) in [6.45, 7) is 5.76. The summed E-state index contributed by atoms with van der Waals surface area (Å²) in [4.78, 5) is 31.0. The molecule has 0 unspecified atom stereocenters. The number of nitrogens with one attached hydrogen (secondary N) is 1. The number of nitrogens with zero attached hydrogens (tertiary/aromatic N) is 2. The number of amides is 2. The predicted octanol–water partition coefficient (Wildman–Crippen LogP) is 4.43. The van der Waals surface area contributed by atoms with Gasteiger partial charge in [-0.05, 0) is 25.0 Å². The van der Waals surface area contributed by atoms with Gasteiger partial charge < -0.3 is 14.6 Å². The van der Waals surface area contributed by atoms with E-state index in [4.69, 9.17) is 4.42 Å². The number of benzene rings is 1. The van der Waals surface area contributed by atoms with E-state index in [0.29, 0.717) is 24.5 Å². The van der Waals surface area contributed by atoms with Crippen LogP contribution in [0.3, 0.4) is 0 Å². The highest BCUT2D eigenvalue weighted by Gasteiger charge is 2.19. The lowest BCUT2D eigenvalue weighted by Crippen LogP contribution is -2.31. The molecule has 1 aromatic heterocycles. The lowest BCUT2D eigenvalue weighted by molar-refractivity contribution is 0.0725. The van der Waals surface area contributed by atoms with E-state index in [2.05, 4.69) is 24.1 Å². The quantitative estimate of drug-likeness (QED) is 0.549. The molecule has 0 saturated heterocycles. The Balaban J connectivity index is 2.00. The molecule has 0 radical (unpaired) electrons. The van der Waals surface area contributed by atoms with Crippen molar-refractivity contribution in [2.24, 2.45) is 0 Å². The summed E-state index contributed by atoms with van der Waals surface area (Å²) in [5.41, 5.74) is 0.895. The fourth-order valence-electron chi connectivity index (χ4n) is 2.89. The molecule has 1 aromatic carbocycles. The minimum atomic E-state index is -0.238. The molecule has 1 heterocycles. The van der Waals surface area contributed by atoms with Crippen LogP contribution in [0.2, 0.25) is 0 Å². The van der Waals surface area contributed by atoms with Crippen molar-refractivity contribution in [2.75, 3.05) is 13.1 Å². The van der Waals surface area contributed by atoms with E-state index in [1.54, 1.807) is 17.0 Å². The van der Waals surface area contributed by atoms with Crippen molar-refractivity contribution >= 4 is 11.8 Å². The number of oxazole rings is 1. The van der Waals surface area contributed by atoms with Crippen molar-refractivity contribution in [3.8, 4) is 0 Å². The second kappa shape index (κ2) is 12.0. The third kappa shape index (κ3) is 6.83. The minimum Gasteiger partial charge on any atom is -0.446 e. The number of hydrogen-bond donors (Lipinski definition) is 1. The summed E-state index contributed by atoms with van der Waals surface area (Å²) in [7, 11) is 0. The third-order valence-corrected chi connectivity index (χ3v) is 4.52. The number of hydrogen-bond acceptors (Lipinski definition) is 4. The molecule has 0 aliphatic rings. The molecular weight excluding hydrogens is 354 g/mol. The summed E-state index contributed by atoms with van der Waals surface area (Å²) in [6, 6.07) is 9.20. The van der Waals surface area contributed by atoms with Gasteiger partial charge in [-0.25, -0.2) is 4.98 Å². The van der Waals surface area contributed by atoms with Crippen LogP contribution in [-0.4, -0.2) is 34.8 Å². The Morgan fingerprint density at radius 2 is 1.75 bits per heavy atom. The summed E-state index contributed by atoms with van der Waals surface area (Å²) in [5.74, 6) is 0.0815. The first kappa shape index (κ1) is 21.7. The Morgan fingerprint density at radius 1 is 1.04 bits per heavy atom. The van der Waals surface area contributed by atoms with E-state index in [0.717, 1.165) is 38.5 Å². The van der Waals surface area contributed by atoms with E-state index >= 15 is 0 Å². The molecule has 0 aliphatic carbocycles. The zero-order valence-electron chi connectivity index (χ0n) is 16.9. The van der Waals surface area contributed by atoms with Crippen LogP contribution in [0, 0.1) is 0 Å². The van der Waals surface area contributed by atoms with Gasteiger partial charge in [0.15, 0.2) is 5.69 Å². The van der Waals surface area contributed by atoms with Crippen LogP contribution in [0.25, 0.3) is 0 Å². The van der Waals surface area contributed by atoms with Crippen LogP contribution in [0.4, 0.5) is 0 Å². The van der Waals surface area contributed by atoms with E-state index < -0.39 is 0 Å². The molecule has 0 spiro atoms. The number of rotatable bonds is 12. The molecule has 0 atom stereocenters. The molecule has 2 amide bonds. The van der Waals surface area contributed by atoms with Crippen LogP contribution in [0.5, 0.6) is 0 Å². The molecule has 1 N–H and O–H groups in total. The van der Waals surface area contributed by atoms with Crippen molar-refractivity contribution in [1.29, 1.82) is 0 Å². The van der Waals surface area contributed by atoms with Gasteiger partial charge in [-0.2, -0.15) is 0 Å². The Morgan fingerprint density at radius 3 is 2.46 bits per heavy atom. The minimum absolute atomic E-state index is 0.0551. The topological polar surface area (TPSA) is 75.4 Å². The molecule has 2 aromatic rings. The Hall–Kier alpha value is -2.63. The highest BCUT2D eigenvalue weighted by molar-refractivity contribution is 5.94. The largest absolute Gasteiger partial charge is 0.446 e. The van der Waals surface area contributed by atoms with Gasteiger partial charge in [-0.15, -0.1) is 0 Å². The van der Waals surface area contributed by atoms with Crippen molar-refractivity contribution in [3.05, 3.63) is 53.7 Å². The van der Waals surface area contributed by atoms with Crippen molar-refractivity contribution in [1.82, 2.24) is 15.2 Å². The second-order valence-corrected chi connectivity index (χ2v) is 6.89. The van der Waals surface area contributed by atoms with Gasteiger partial charge in [0.1, 0.15) is 6.26 Å². The van der Waals surface area contributed by atoms with Crippen LogP contribution in [0.15, 0.2) is 41.0 Å². The van der Waals surface area contributed by atoms with Crippen molar-refractivity contribution < 1.29 is 14.0 Å². The molecule has 0 aliphatic heterocycles. The zero-order chi connectivity index (χ0) is 20.2. The smallest absolute Gasteiger partial charge is 0.273 e. The monoisotopic (exact) mass is 385 g/mol. The first-order chi connectivity index (χ1) is 13.7. The summed E-state index contributed by atoms with van der Waals surface area (Å²) in [6.07, 6.45) is 7.54. The van der Waals surface area contributed by atoms with Crippen LogP contribution < -0.4 is 5.32 Å². The van der Waals surface area contributed by atoms with Gasteiger partial charge in [0, 0.05) is 18.7 Å². The molecule has 2 rings (SSSR count). The SMILES string of the molecule is CCCCCNC(=O)c1coc(CN(CCCCC)C(=O)c2ccccc2)n1. The van der Waals surface area contributed by atoms with Gasteiger partial charge in [-0.3, -0.25) is 9.59 Å². The summed E-state index contributed by atoms with van der Waals surface area (Å²) < 4.78 is 5.47. The predicted molar refractivity (Wildman–Crippen MR) is 109 cm³/mol. The average Bonchev–Trinajstić information content (AvgIpc) is 3.19.